The van der Waals surface area contributed by atoms with Crippen LogP contribution in [0.25, 0.3) is 0 Å². The van der Waals surface area contributed by atoms with Crippen molar-refractivity contribution in [2.45, 2.75) is 20.0 Å². The van der Waals surface area contributed by atoms with E-state index in [9.17, 15) is 0 Å². The van der Waals surface area contributed by atoms with Crippen LogP contribution in [0.15, 0.2) is 40.1 Å². The lowest BCUT2D eigenvalue weighted by Gasteiger charge is -2.22. The molecule has 0 aliphatic rings. The number of guanidine groups is 1. The van der Waals surface area contributed by atoms with Gasteiger partial charge in [0.2, 0.25) is 5.88 Å². The van der Waals surface area contributed by atoms with E-state index in [1.54, 1.807) is 13.2 Å². The Morgan fingerprint density at radius 3 is 2.88 bits per heavy atom. The number of ether oxygens (including phenoxy) is 1. The molecular weight excluding hydrogens is 370 g/mol. The second-order valence-electron chi connectivity index (χ2n) is 5.45. The second-order valence-corrected chi connectivity index (χ2v) is 6.37. The quantitative estimate of drug-likeness (QED) is 0.605. The van der Waals surface area contributed by atoms with Gasteiger partial charge in [-0.15, -0.1) is 0 Å². The molecule has 2 heterocycles. The smallest absolute Gasteiger partial charge is 0.213 e. The van der Waals surface area contributed by atoms with E-state index < -0.39 is 0 Å². The minimum atomic E-state index is 0.612. The number of aliphatic imine (C=N–C) groups is 1. The average Bonchev–Trinajstić information content (AvgIpc) is 2.86. The predicted octanol–water partition coefficient (Wildman–Crippen LogP) is 2.79. The highest BCUT2D eigenvalue weighted by Crippen LogP contribution is 2.15. The first-order valence-corrected chi connectivity index (χ1v) is 8.63. The van der Waals surface area contributed by atoms with Crippen LogP contribution in [-0.4, -0.2) is 41.1 Å². The van der Waals surface area contributed by atoms with Gasteiger partial charge in [0.1, 0.15) is 0 Å². The third kappa shape index (κ3) is 4.99. The minimum Gasteiger partial charge on any atom is -0.478 e. The molecule has 0 bridgehead atoms. The van der Waals surface area contributed by atoms with Crippen LogP contribution < -0.4 is 10.1 Å². The van der Waals surface area contributed by atoms with E-state index in [4.69, 9.17) is 4.74 Å². The summed E-state index contributed by atoms with van der Waals surface area (Å²) in [6.45, 7) is 3.99. The monoisotopic (exact) mass is 393 g/mol. The molecule has 0 amide bonds. The standard InChI is InChI=1S/C17H24BrN5O/c1-5-24-16-8-13(6-7-20-16)10-21-17(19-2)23(4)12-15-9-14(18)11-22(15)3/h6-9,11H,5,10,12H2,1-4H3,(H,19,21). The maximum absolute atomic E-state index is 5.43. The van der Waals surface area contributed by atoms with Crippen LogP contribution >= 0.6 is 15.9 Å². The molecule has 0 radical (unpaired) electrons. The van der Waals surface area contributed by atoms with Crippen LogP contribution in [0.2, 0.25) is 0 Å². The maximum Gasteiger partial charge on any atom is 0.213 e. The van der Waals surface area contributed by atoms with Crippen molar-refractivity contribution in [2.24, 2.45) is 12.0 Å². The van der Waals surface area contributed by atoms with Crippen molar-refractivity contribution in [1.82, 2.24) is 19.8 Å². The van der Waals surface area contributed by atoms with Gasteiger partial charge in [-0.2, -0.15) is 0 Å². The fourth-order valence-corrected chi connectivity index (χ4v) is 2.97. The van der Waals surface area contributed by atoms with Gasteiger partial charge in [-0.05, 0) is 40.5 Å². The van der Waals surface area contributed by atoms with Gasteiger partial charge >= 0.3 is 0 Å². The molecular formula is C17H24BrN5O. The number of hydrogen-bond acceptors (Lipinski definition) is 3. The van der Waals surface area contributed by atoms with Gasteiger partial charge in [-0.1, -0.05) is 0 Å². The number of rotatable bonds is 6. The lowest BCUT2D eigenvalue weighted by molar-refractivity contribution is 0.326. The first-order chi connectivity index (χ1) is 11.5. The lowest BCUT2D eigenvalue weighted by atomic mass is 10.2. The third-order valence-electron chi connectivity index (χ3n) is 3.59. The largest absolute Gasteiger partial charge is 0.478 e. The van der Waals surface area contributed by atoms with Crippen molar-refractivity contribution in [3.8, 4) is 5.88 Å². The Bertz CT molecular complexity index is 698. The van der Waals surface area contributed by atoms with Crippen molar-refractivity contribution in [3.05, 3.63) is 46.3 Å². The molecule has 2 aromatic rings. The number of nitrogens with one attached hydrogen (secondary N) is 1. The van der Waals surface area contributed by atoms with Crippen LogP contribution in [-0.2, 0) is 20.1 Å². The molecule has 0 aliphatic carbocycles. The van der Waals surface area contributed by atoms with E-state index in [-0.39, 0.29) is 0 Å². The zero-order chi connectivity index (χ0) is 17.5. The minimum absolute atomic E-state index is 0.612. The van der Waals surface area contributed by atoms with E-state index in [1.165, 1.54) is 5.69 Å². The molecule has 24 heavy (non-hydrogen) atoms. The fraction of sp³-hybridized carbons (Fsp3) is 0.412. The summed E-state index contributed by atoms with van der Waals surface area (Å²) < 4.78 is 8.62. The topological polar surface area (TPSA) is 54.7 Å². The Kier molecular flexibility index (Phi) is 6.66. The highest BCUT2D eigenvalue weighted by atomic mass is 79.9. The summed E-state index contributed by atoms with van der Waals surface area (Å²) in [4.78, 5) is 10.6. The fourth-order valence-electron chi connectivity index (χ4n) is 2.39. The SMILES string of the molecule is CCOc1cc(CNC(=NC)N(C)Cc2cc(Br)cn2C)ccn1. The molecule has 0 saturated heterocycles. The van der Waals surface area contributed by atoms with E-state index in [0.29, 0.717) is 19.0 Å². The molecule has 0 unspecified atom stereocenters. The van der Waals surface area contributed by atoms with Crippen molar-refractivity contribution in [2.75, 3.05) is 20.7 Å². The number of halogens is 1. The molecule has 2 aromatic heterocycles. The molecule has 7 heteroatoms. The van der Waals surface area contributed by atoms with Gasteiger partial charge in [-0.25, -0.2) is 4.98 Å². The summed E-state index contributed by atoms with van der Waals surface area (Å²) in [5.41, 5.74) is 2.31. The summed E-state index contributed by atoms with van der Waals surface area (Å²) in [6, 6.07) is 6.02. The van der Waals surface area contributed by atoms with Crippen LogP contribution in [0, 0.1) is 0 Å². The number of aromatic nitrogens is 2. The molecule has 6 nitrogen and oxygen atoms in total. The molecule has 130 valence electrons. The van der Waals surface area contributed by atoms with Gasteiger partial charge in [0, 0.05) is 56.3 Å². The Morgan fingerprint density at radius 2 is 2.25 bits per heavy atom. The molecule has 0 aliphatic heterocycles. The van der Waals surface area contributed by atoms with Crippen molar-refractivity contribution < 1.29 is 4.74 Å². The van der Waals surface area contributed by atoms with Crippen LogP contribution in [0.5, 0.6) is 5.88 Å². The molecule has 0 aromatic carbocycles. The number of aryl methyl sites for hydroxylation is 1. The molecule has 0 atom stereocenters. The molecule has 0 spiro atoms. The van der Waals surface area contributed by atoms with E-state index in [0.717, 1.165) is 22.5 Å². The predicted molar refractivity (Wildman–Crippen MR) is 100 cm³/mol. The van der Waals surface area contributed by atoms with E-state index in [1.807, 2.05) is 39.3 Å². The van der Waals surface area contributed by atoms with Crippen molar-refractivity contribution >= 4 is 21.9 Å². The summed E-state index contributed by atoms with van der Waals surface area (Å²) in [5, 5.41) is 3.37. The van der Waals surface area contributed by atoms with Gasteiger partial charge in [-0.3, -0.25) is 4.99 Å². The highest BCUT2D eigenvalue weighted by molar-refractivity contribution is 9.10. The number of nitrogens with zero attached hydrogens (tertiary/aromatic N) is 4. The van der Waals surface area contributed by atoms with Crippen molar-refractivity contribution in [3.63, 3.8) is 0 Å². The Labute approximate surface area is 151 Å². The van der Waals surface area contributed by atoms with Gasteiger partial charge in [0.25, 0.3) is 0 Å². The van der Waals surface area contributed by atoms with Crippen LogP contribution in [0.3, 0.4) is 0 Å². The van der Waals surface area contributed by atoms with E-state index >= 15 is 0 Å². The van der Waals surface area contributed by atoms with Crippen LogP contribution in [0.4, 0.5) is 0 Å². The molecule has 2 rings (SSSR count). The highest BCUT2D eigenvalue weighted by Gasteiger charge is 2.10. The van der Waals surface area contributed by atoms with Gasteiger partial charge in [0.05, 0.1) is 13.2 Å². The maximum atomic E-state index is 5.43. The second kappa shape index (κ2) is 8.73. The molecule has 0 fully saturated rings. The summed E-state index contributed by atoms with van der Waals surface area (Å²) in [5.74, 6) is 1.48. The Morgan fingerprint density at radius 1 is 1.46 bits per heavy atom. The normalized spacial score (nSPS) is 11.5. The molecule has 1 N–H and O–H groups in total. The Balaban J connectivity index is 1.96. The first kappa shape index (κ1) is 18.3. The lowest BCUT2D eigenvalue weighted by Crippen LogP contribution is -2.38. The zero-order valence-electron chi connectivity index (χ0n) is 14.6. The third-order valence-corrected chi connectivity index (χ3v) is 4.02. The summed E-state index contributed by atoms with van der Waals surface area (Å²) in [6.07, 6.45) is 3.81. The Hall–Kier alpha value is -2.02. The average molecular weight is 394 g/mol. The van der Waals surface area contributed by atoms with Crippen LogP contribution in [0.1, 0.15) is 18.2 Å². The zero-order valence-corrected chi connectivity index (χ0v) is 16.2. The summed E-state index contributed by atoms with van der Waals surface area (Å²) in [7, 11) is 5.85. The van der Waals surface area contributed by atoms with E-state index in [2.05, 4.69) is 46.8 Å². The van der Waals surface area contributed by atoms with Gasteiger partial charge < -0.3 is 19.5 Å². The molecule has 0 saturated carbocycles. The van der Waals surface area contributed by atoms with Gasteiger partial charge in [0.15, 0.2) is 5.96 Å². The van der Waals surface area contributed by atoms with Crippen molar-refractivity contribution in [1.29, 1.82) is 0 Å². The number of pyridine rings is 1. The number of hydrogen-bond donors (Lipinski definition) is 1. The summed E-state index contributed by atoms with van der Waals surface area (Å²) >= 11 is 3.50. The first-order valence-electron chi connectivity index (χ1n) is 7.83.